The molecule has 0 rings (SSSR count). The fraction of sp³-hybridized carbons (Fsp3) is 0.500. The zero-order chi connectivity index (χ0) is 9.23. The van der Waals surface area contributed by atoms with Crippen LogP contribution in [0.1, 0.15) is 11.0 Å². The number of rotatable bonds is 2. The third-order valence-corrected chi connectivity index (χ3v) is 0.494. The molecule has 0 bridgehead atoms. The minimum atomic E-state index is -2.99. The summed E-state index contributed by atoms with van der Waals surface area (Å²) in [6.45, 7) is -2.99. The van der Waals surface area contributed by atoms with Crippen LogP contribution in [0.3, 0.4) is 0 Å². The Labute approximate surface area is 50.0 Å². The maximum Gasteiger partial charge on any atom is 0.317 e. The van der Waals surface area contributed by atoms with E-state index in [4.69, 9.17) is 14.3 Å². The van der Waals surface area contributed by atoms with Gasteiger partial charge in [-0.2, -0.15) is 0 Å². The van der Waals surface area contributed by atoms with E-state index >= 15 is 0 Å². The predicted molar refractivity (Wildman–Crippen MR) is 24.4 cm³/mol. The topological polar surface area (TPSA) is 74.6 Å². The van der Waals surface area contributed by atoms with Crippen LogP contribution >= 0.6 is 0 Å². The highest BCUT2D eigenvalue weighted by atomic mass is 16.5. The van der Waals surface area contributed by atoms with Crippen LogP contribution in [0.2, 0.25) is 0 Å². The number of carbonyl (C=O) groups is 2. The lowest BCUT2D eigenvalue weighted by molar-refractivity contribution is -0.153. The van der Waals surface area contributed by atoms with Gasteiger partial charge >= 0.3 is 11.9 Å². The summed E-state index contributed by atoms with van der Waals surface area (Å²) >= 11 is 0. The molecule has 46 valence electrons. The number of aliphatic carboxylic acids is 2. The van der Waals surface area contributed by atoms with E-state index in [1.807, 2.05) is 0 Å². The molecule has 0 aromatic carbocycles. The second kappa shape index (κ2) is 2.30. The summed E-state index contributed by atoms with van der Waals surface area (Å²) in [6.07, 6.45) is 0. The fourth-order valence-corrected chi connectivity index (χ4v) is 0.106. The lowest BCUT2D eigenvalue weighted by Gasteiger charge is -1.94. The number of hydrogen-bond acceptors (Lipinski definition) is 2. The molecular weight excluding hydrogens is 114 g/mol. The van der Waals surface area contributed by atoms with Crippen molar-refractivity contribution in [3.8, 4) is 0 Å². The van der Waals surface area contributed by atoms with Crippen molar-refractivity contribution in [3.05, 3.63) is 0 Å². The molecule has 0 aliphatic heterocycles. The Hall–Kier alpha value is -1.06. The lowest BCUT2D eigenvalue weighted by Crippen LogP contribution is -2.19. The molecule has 0 fully saturated rings. The summed E-state index contributed by atoms with van der Waals surface area (Å²) < 4.78 is 19.6. The molecule has 0 spiro atoms. The van der Waals surface area contributed by atoms with E-state index in [1.54, 1.807) is 0 Å². The van der Waals surface area contributed by atoms with Crippen LogP contribution in [0, 0.1) is 5.92 Å². The molecule has 0 aliphatic rings. The van der Waals surface area contributed by atoms with Gasteiger partial charge in [0.2, 0.25) is 0 Å². The summed E-state index contributed by atoms with van der Waals surface area (Å²) in [5.41, 5.74) is 0. The highest BCUT2D eigenvalue weighted by molar-refractivity contribution is 5.92. The maximum absolute atomic E-state index is 10.0. The monoisotopic (exact) mass is 123 g/mol. The van der Waals surface area contributed by atoms with Crippen molar-refractivity contribution in [3.63, 3.8) is 0 Å². The molecule has 0 radical (unpaired) electrons. The van der Waals surface area contributed by atoms with Crippen LogP contribution in [0.5, 0.6) is 0 Å². The summed E-state index contributed by atoms with van der Waals surface area (Å²) in [5, 5.41) is 16.3. The van der Waals surface area contributed by atoms with Crippen LogP contribution in [0.15, 0.2) is 0 Å². The highest BCUT2D eigenvalue weighted by Crippen LogP contribution is 1.91. The molecule has 0 heterocycles. The maximum atomic E-state index is 10.0. The molecular formula is C4H6O4. The Balaban J connectivity index is 4.63. The van der Waals surface area contributed by atoms with Crippen LogP contribution in [-0.4, -0.2) is 22.2 Å². The third kappa shape index (κ3) is 1.59. The van der Waals surface area contributed by atoms with E-state index < -0.39 is 24.7 Å². The summed E-state index contributed by atoms with van der Waals surface area (Å²) in [7, 11) is 0. The normalized spacial score (nSPS) is 16.4. The quantitative estimate of drug-likeness (QED) is 0.393. The van der Waals surface area contributed by atoms with Gasteiger partial charge in [0.15, 0.2) is 5.92 Å². The Morgan fingerprint density at radius 1 is 1.50 bits per heavy atom. The largest absolute Gasteiger partial charge is 0.481 e. The summed E-state index contributed by atoms with van der Waals surface area (Å²) in [6, 6.07) is 0. The highest BCUT2D eigenvalue weighted by Gasteiger charge is 2.18. The molecule has 0 aliphatic carbocycles. The first-order valence-electron chi connectivity index (χ1n) is 3.22. The first-order chi connectivity index (χ1) is 4.76. The third-order valence-electron chi connectivity index (χ3n) is 0.494. The Kier molecular flexibility index (Phi) is 0.881. The van der Waals surface area contributed by atoms with E-state index in [0.717, 1.165) is 0 Å². The van der Waals surface area contributed by atoms with Crippen molar-refractivity contribution in [2.45, 2.75) is 6.85 Å². The van der Waals surface area contributed by atoms with Crippen LogP contribution < -0.4 is 0 Å². The SMILES string of the molecule is [2H]C([2H])([2H])C([13C](=O)O)[13C](=O)O. The molecule has 0 unspecified atom stereocenters. The van der Waals surface area contributed by atoms with Crippen molar-refractivity contribution in [1.82, 2.24) is 0 Å². The van der Waals surface area contributed by atoms with Gasteiger partial charge in [-0.1, -0.05) is 0 Å². The van der Waals surface area contributed by atoms with E-state index in [-0.39, 0.29) is 0 Å². The molecule has 4 heteroatoms. The Morgan fingerprint density at radius 2 is 1.88 bits per heavy atom. The predicted octanol–water partition coefficient (Wildman–Crippen LogP) is -0.208. The van der Waals surface area contributed by atoms with Crippen LogP contribution in [0.25, 0.3) is 0 Å². The van der Waals surface area contributed by atoms with Crippen LogP contribution in [-0.2, 0) is 9.59 Å². The average molecular weight is 123 g/mol. The second-order valence-corrected chi connectivity index (χ2v) is 1.11. The molecule has 0 amide bonds. The Morgan fingerprint density at radius 3 is 1.88 bits per heavy atom. The van der Waals surface area contributed by atoms with Gasteiger partial charge in [-0.15, -0.1) is 0 Å². The van der Waals surface area contributed by atoms with Gasteiger partial charge < -0.3 is 10.2 Å². The Bertz CT molecular complexity index is 170. The van der Waals surface area contributed by atoms with Gasteiger partial charge in [0.1, 0.15) is 0 Å². The first kappa shape index (κ1) is 3.06. The average Bonchev–Trinajstić information content (AvgIpc) is 1.54. The van der Waals surface area contributed by atoms with Crippen molar-refractivity contribution in [2.24, 2.45) is 5.92 Å². The minimum Gasteiger partial charge on any atom is -0.481 e. The molecule has 0 saturated heterocycles. The minimum absolute atomic E-state index is 1.85. The lowest BCUT2D eigenvalue weighted by atomic mass is 10.5. The van der Waals surface area contributed by atoms with Crippen molar-refractivity contribution >= 4 is 11.9 Å². The van der Waals surface area contributed by atoms with Gasteiger partial charge in [0.05, 0.1) is 0 Å². The van der Waals surface area contributed by atoms with E-state index in [2.05, 4.69) is 0 Å². The second-order valence-electron chi connectivity index (χ2n) is 1.11. The van der Waals surface area contributed by atoms with Gasteiger partial charge in [0, 0.05) is 4.11 Å². The summed E-state index contributed by atoms with van der Waals surface area (Å²) in [4.78, 5) is 20.1. The number of carboxylic acid groups (broad SMARTS) is 2. The molecule has 0 atom stereocenters. The first-order valence-corrected chi connectivity index (χ1v) is 1.72. The zero-order valence-corrected chi connectivity index (χ0v) is 3.79. The molecule has 0 aromatic heterocycles. The molecule has 0 saturated carbocycles. The van der Waals surface area contributed by atoms with Crippen molar-refractivity contribution < 1.29 is 23.9 Å². The fourth-order valence-electron chi connectivity index (χ4n) is 0.106. The molecule has 0 aromatic rings. The van der Waals surface area contributed by atoms with Gasteiger partial charge in [-0.25, -0.2) is 0 Å². The molecule has 4 nitrogen and oxygen atoms in total. The zero-order valence-electron chi connectivity index (χ0n) is 6.79. The molecule has 8 heavy (non-hydrogen) atoms. The van der Waals surface area contributed by atoms with Crippen molar-refractivity contribution in [2.75, 3.05) is 0 Å². The van der Waals surface area contributed by atoms with E-state index in [0.29, 0.717) is 0 Å². The number of hydrogen-bond donors (Lipinski definition) is 2. The van der Waals surface area contributed by atoms with Gasteiger partial charge in [-0.05, 0) is 6.85 Å². The molecule has 2 N–H and O–H groups in total. The van der Waals surface area contributed by atoms with Gasteiger partial charge in [-0.3, -0.25) is 9.59 Å². The van der Waals surface area contributed by atoms with Crippen LogP contribution in [0.4, 0.5) is 0 Å². The smallest absolute Gasteiger partial charge is 0.317 e. The summed E-state index contributed by atoms with van der Waals surface area (Å²) in [5.74, 6) is -6.03. The standard InChI is InChI=1S/C4H6O4/c1-2(3(5)6)4(7)8/h2H,1H3,(H,5,6)(H,7,8)/i1D3,3+1,4+1. The van der Waals surface area contributed by atoms with Crippen molar-refractivity contribution in [1.29, 1.82) is 0 Å². The van der Waals surface area contributed by atoms with Gasteiger partial charge in [0.25, 0.3) is 0 Å². The number of carboxylic acids is 2. The van der Waals surface area contributed by atoms with E-state index in [1.165, 1.54) is 0 Å². The van der Waals surface area contributed by atoms with E-state index in [9.17, 15) is 9.59 Å².